The Labute approximate surface area is 103 Å². The lowest BCUT2D eigenvalue weighted by Gasteiger charge is -2.17. The molecule has 6 heteroatoms. The predicted molar refractivity (Wildman–Crippen MR) is 59.2 cm³/mol. The van der Waals surface area contributed by atoms with Crippen molar-refractivity contribution in [2.24, 2.45) is 0 Å². The maximum absolute atomic E-state index is 12.6. The van der Waals surface area contributed by atoms with Crippen LogP contribution in [0.3, 0.4) is 0 Å². The van der Waals surface area contributed by atoms with Gasteiger partial charge >= 0.3 is 12.1 Å². The molecule has 5 nitrogen and oxygen atoms in total. The van der Waals surface area contributed by atoms with Crippen molar-refractivity contribution in [2.75, 3.05) is 13.4 Å². The van der Waals surface area contributed by atoms with Gasteiger partial charge in [-0.2, -0.15) is 0 Å². The molecule has 1 aromatic rings. The second kappa shape index (κ2) is 5.48. The molecular formula is C12H12FNO4. The summed E-state index contributed by atoms with van der Waals surface area (Å²) < 4.78 is 22.1. The van der Waals surface area contributed by atoms with Crippen LogP contribution in [-0.4, -0.2) is 36.4 Å². The minimum absolute atomic E-state index is 0.0728. The van der Waals surface area contributed by atoms with Crippen molar-refractivity contribution in [3.05, 3.63) is 35.9 Å². The van der Waals surface area contributed by atoms with Crippen molar-refractivity contribution in [1.82, 2.24) is 4.90 Å². The maximum atomic E-state index is 12.6. The molecule has 18 heavy (non-hydrogen) atoms. The van der Waals surface area contributed by atoms with Gasteiger partial charge in [-0.1, -0.05) is 30.3 Å². The van der Waals surface area contributed by atoms with Gasteiger partial charge in [-0.15, -0.1) is 0 Å². The molecule has 0 saturated carbocycles. The minimum atomic E-state index is -1.19. The third kappa shape index (κ3) is 2.58. The van der Waals surface area contributed by atoms with Crippen molar-refractivity contribution in [3.63, 3.8) is 0 Å². The first-order chi connectivity index (χ1) is 8.72. The molecule has 1 aromatic carbocycles. The van der Waals surface area contributed by atoms with E-state index in [0.29, 0.717) is 0 Å². The van der Waals surface area contributed by atoms with E-state index in [0.717, 1.165) is 10.5 Å². The Kier molecular flexibility index (Phi) is 3.76. The fourth-order valence-corrected chi connectivity index (χ4v) is 1.58. The predicted octanol–water partition coefficient (Wildman–Crippen LogP) is 1.48. The number of amides is 1. The number of hydrogen-bond acceptors (Lipinski definition) is 4. The van der Waals surface area contributed by atoms with Gasteiger partial charge in [0.05, 0.1) is 0 Å². The maximum Gasteiger partial charge on any atom is 0.413 e. The summed E-state index contributed by atoms with van der Waals surface area (Å²) in [4.78, 5) is 23.7. The minimum Gasteiger partial charge on any atom is -0.444 e. The highest BCUT2D eigenvalue weighted by atomic mass is 19.1. The fourth-order valence-electron chi connectivity index (χ4n) is 1.58. The highest BCUT2D eigenvalue weighted by molar-refractivity contribution is 5.83. The Bertz CT molecular complexity index is 437. The number of halogens is 1. The second-order valence-corrected chi connectivity index (χ2v) is 3.77. The summed E-state index contributed by atoms with van der Waals surface area (Å²) in [5.74, 6) is -0.742. The van der Waals surface area contributed by atoms with Crippen LogP contribution in [0.4, 0.5) is 9.18 Å². The van der Waals surface area contributed by atoms with Crippen LogP contribution in [0.2, 0.25) is 0 Å². The number of ether oxygens (including phenoxy) is 2. The van der Waals surface area contributed by atoms with Gasteiger partial charge in [0.2, 0.25) is 0 Å². The van der Waals surface area contributed by atoms with Crippen molar-refractivity contribution in [2.45, 2.75) is 12.6 Å². The molecule has 0 N–H and O–H groups in total. The number of alkyl halides is 1. The number of rotatable bonds is 3. The van der Waals surface area contributed by atoms with Crippen LogP contribution < -0.4 is 0 Å². The summed E-state index contributed by atoms with van der Waals surface area (Å²) in [5.41, 5.74) is 0.814. The van der Waals surface area contributed by atoms with Crippen LogP contribution in [0.1, 0.15) is 5.56 Å². The molecule has 1 atom stereocenters. The quantitative estimate of drug-likeness (QED) is 0.765. The van der Waals surface area contributed by atoms with Gasteiger partial charge in [0.15, 0.2) is 12.8 Å². The third-order valence-electron chi connectivity index (χ3n) is 2.58. The highest BCUT2D eigenvalue weighted by Crippen LogP contribution is 2.14. The highest BCUT2D eigenvalue weighted by Gasteiger charge is 2.38. The molecule has 1 amide bonds. The molecule has 0 unspecified atom stereocenters. The largest absolute Gasteiger partial charge is 0.444 e. The van der Waals surface area contributed by atoms with E-state index in [-0.39, 0.29) is 13.3 Å². The summed E-state index contributed by atoms with van der Waals surface area (Å²) in [6, 6.07) is 7.88. The molecule has 1 saturated heterocycles. The van der Waals surface area contributed by atoms with Crippen molar-refractivity contribution >= 4 is 12.1 Å². The van der Waals surface area contributed by atoms with E-state index >= 15 is 0 Å². The number of benzene rings is 1. The monoisotopic (exact) mass is 253 g/mol. The van der Waals surface area contributed by atoms with Crippen LogP contribution in [0.15, 0.2) is 30.3 Å². The number of carbonyl (C=O) groups excluding carboxylic acids is 2. The molecule has 1 aliphatic heterocycles. The van der Waals surface area contributed by atoms with Gasteiger partial charge in [-0.3, -0.25) is 4.90 Å². The number of cyclic esters (lactones) is 1. The average Bonchev–Trinajstić information content (AvgIpc) is 2.78. The van der Waals surface area contributed by atoms with Crippen LogP contribution in [-0.2, 0) is 20.9 Å². The number of hydrogen-bond donors (Lipinski definition) is 0. The molecule has 1 heterocycles. The zero-order valence-electron chi connectivity index (χ0n) is 9.54. The first-order valence-corrected chi connectivity index (χ1v) is 5.42. The molecule has 0 radical (unpaired) electrons. The lowest BCUT2D eigenvalue weighted by molar-refractivity contribution is -0.139. The van der Waals surface area contributed by atoms with Gasteiger partial charge in [0, 0.05) is 0 Å². The molecule has 96 valence electrons. The molecule has 0 bridgehead atoms. The van der Waals surface area contributed by atoms with E-state index in [9.17, 15) is 14.0 Å². The van der Waals surface area contributed by atoms with Crippen LogP contribution in [0.5, 0.6) is 0 Å². The Morgan fingerprint density at radius 1 is 1.44 bits per heavy atom. The van der Waals surface area contributed by atoms with Gasteiger partial charge in [0.1, 0.15) is 13.3 Å². The summed E-state index contributed by atoms with van der Waals surface area (Å²) in [6.45, 7) is -1.16. The Balaban J connectivity index is 1.90. The van der Waals surface area contributed by atoms with Gasteiger partial charge in [-0.25, -0.2) is 14.0 Å². The van der Waals surface area contributed by atoms with Crippen LogP contribution in [0, 0.1) is 0 Å². The van der Waals surface area contributed by atoms with Gasteiger partial charge < -0.3 is 9.47 Å². The zero-order chi connectivity index (χ0) is 13.0. The molecule has 2 rings (SSSR count). The molecule has 0 aliphatic carbocycles. The summed E-state index contributed by atoms with van der Waals surface area (Å²) in [6.07, 6.45) is -0.757. The second-order valence-electron chi connectivity index (χ2n) is 3.77. The van der Waals surface area contributed by atoms with Gasteiger partial charge in [-0.05, 0) is 5.56 Å². The molecular weight excluding hydrogens is 241 g/mol. The normalized spacial score (nSPS) is 18.6. The number of esters is 1. The Hall–Kier alpha value is -2.11. The van der Waals surface area contributed by atoms with Crippen molar-refractivity contribution in [1.29, 1.82) is 0 Å². The number of nitrogens with zero attached hydrogens (tertiary/aromatic N) is 1. The summed E-state index contributed by atoms with van der Waals surface area (Å²) in [5, 5.41) is 0. The third-order valence-corrected chi connectivity index (χ3v) is 2.58. The average molecular weight is 253 g/mol. The van der Waals surface area contributed by atoms with E-state index in [4.69, 9.17) is 4.74 Å². The Morgan fingerprint density at radius 3 is 2.83 bits per heavy atom. The van der Waals surface area contributed by atoms with Crippen molar-refractivity contribution in [3.8, 4) is 0 Å². The van der Waals surface area contributed by atoms with E-state index < -0.39 is 24.8 Å². The first-order valence-electron chi connectivity index (χ1n) is 5.42. The first kappa shape index (κ1) is 12.3. The fraction of sp³-hybridized carbons (Fsp3) is 0.333. The number of carbonyl (C=O) groups is 2. The molecule has 1 fully saturated rings. The molecule has 0 aromatic heterocycles. The standard InChI is InChI=1S/C12H12FNO4/c13-6-10-11(15)18-8-14(10)12(16)17-7-9-4-2-1-3-5-9/h1-5,10H,6-8H2/t10-/m0/s1. The Morgan fingerprint density at radius 2 is 2.17 bits per heavy atom. The van der Waals surface area contributed by atoms with E-state index in [2.05, 4.69) is 4.74 Å². The molecule has 1 aliphatic rings. The van der Waals surface area contributed by atoms with Crippen LogP contribution in [0.25, 0.3) is 0 Å². The lowest BCUT2D eigenvalue weighted by atomic mass is 10.2. The van der Waals surface area contributed by atoms with E-state index in [1.165, 1.54) is 0 Å². The summed E-state index contributed by atoms with van der Waals surface area (Å²) >= 11 is 0. The molecule has 0 spiro atoms. The SMILES string of the molecule is O=C1OCN(C(=O)OCc2ccccc2)[C@H]1CF. The lowest BCUT2D eigenvalue weighted by Crippen LogP contribution is -2.39. The van der Waals surface area contributed by atoms with Gasteiger partial charge in [0.25, 0.3) is 0 Å². The van der Waals surface area contributed by atoms with E-state index in [1.54, 1.807) is 12.1 Å². The topological polar surface area (TPSA) is 55.8 Å². The van der Waals surface area contributed by atoms with E-state index in [1.807, 2.05) is 18.2 Å². The summed E-state index contributed by atoms with van der Waals surface area (Å²) in [7, 11) is 0. The van der Waals surface area contributed by atoms with Crippen molar-refractivity contribution < 1.29 is 23.5 Å². The smallest absolute Gasteiger partial charge is 0.413 e. The zero-order valence-corrected chi connectivity index (χ0v) is 9.54. The van der Waals surface area contributed by atoms with Crippen LogP contribution >= 0.6 is 0 Å².